The molecular formula is C9H14N4NaO. The van der Waals surface area contributed by atoms with Crippen molar-refractivity contribution in [2.75, 3.05) is 6.61 Å². The van der Waals surface area contributed by atoms with Crippen molar-refractivity contribution >= 4 is 35.5 Å². The van der Waals surface area contributed by atoms with Gasteiger partial charge in [-0.15, -0.1) is 0 Å². The molecule has 5 nitrogen and oxygen atoms in total. The maximum absolute atomic E-state index is 7.82. The Kier molecular flexibility index (Phi) is 3.92. The van der Waals surface area contributed by atoms with Crippen LogP contribution >= 0.6 is 0 Å². The molecule has 77 valence electrons. The van der Waals surface area contributed by atoms with Gasteiger partial charge in [0.05, 0.1) is 6.61 Å². The molecule has 1 N–H and O–H groups in total. The summed E-state index contributed by atoms with van der Waals surface area (Å²) in [5, 5.41) is 11.8. The Labute approximate surface area is 111 Å². The third-order valence-electron chi connectivity index (χ3n) is 2.61. The average molecular weight is 217 g/mol. The van der Waals surface area contributed by atoms with Crippen LogP contribution in [0.15, 0.2) is 6.33 Å². The minimum Gasteiger partial charge on any atom is -0.481 e. The summed E-state index contributed by atoms with van der Waals surface area (Å²) in [4.78, 5) is 4.18. The minimum absolute atomic E-state index is 0. The third kappa shape index (κ3) is 2.09. The van der Waals surface area contributed by atoms with Crippen LogP contribution in [0.5, 0.6) is 0 Å². The fraction of sp³-hybridized carbons (Fsp3) is 0.667. The second-order valence-electron chi connectivity index (χ2n) is 3.55. The van der Waals surface area contributed by atoms with Gasteiger partial charge < -0.3 is 4.74 Å². The smallest absolute Gasteiger partial charge is 0.194 e. The summed E-state index contributed by atoms with van der Waals surface area (Å²) in [6.45, 7) is 2.43. The molecule has 0 aromatic carbocycles. The van der Waals surface area contributed by atoms with E-state index in [9.17, 15) is 0 Å². The molecule has 2 rings (SSSR count). The normalized spacial score (nSPS) is 16.7. The van der Waals surface area contributed by atoms with Gasteiger partial charge in [-0.25, -0.2) is 4.98 Å². The van der Waals surface area contributed by atoms with Crippen LogP contribution in [0.1, 0.15) is 25.6 Å². The predicted octanol–water partition coefficient (Wildman–Crippen LogP) is 0.480. The van der Waals surface area contributed by atoms with Gasteiger partial charge in [-0.05, 0) is 19.8 Å². The van der Waals surface area contributed by atoms with Gasteiger partial charge in [-0.2, -0.15) is 5.10 Å². The zero-order valence-corrected chi connectivity index (χ0v) is 11.4. The first-order chi connectivity index (χ1) is 6.70. The molecule has 0 amide bonds. The molecule has 0 bridgehead atoms. The third-order valence-corrected chi connectivity index (χ3v) is 2.61. The molecule has 0 saturated heterocycles. The zero-order valence-electron chi connectivity index (χ0n) is 9.45. The first-order valence-corrected chi connectivity index (χ1v) is 4.77. The van der Waals surface area contributed by atoms with Gasteiger partial charge in [-0.1, -0.05) is 0 Å². The van der Waals surface area contributed by atoms with Gasteiger partial charge in [0.15, 0.2) is 5.90 Å². The minimum atomic E-state index is -0.277. The molecule has 0 unspecified atom stereocenters. The van der Waals surface area contributed by atoms with E-state index in [1.807, 2.05) is 14.0 Å². The molecule has 1 aliphatic carbocycles. The van der Waals surface area contributed by atoms with Gasteiger partial charge in [-0.3, -0.25) is 10.1 Å². The molecule has 1 saturated carbocycles. The molecule has 1 heterocycles. The van der Waals surface area contributed by atoms with E-state index < -0.39 is 0 Å². The van der Waals surface area contributed by atoms with E-state index in [0.29, 0.717) is 12.5 Å². The number of aromatic nitrogens is 3. The fourth-order valence-corrected chi connectivity index (χ4v) is 1.69. The Morgan fingerprint density at radius 2 is 2.33 bits per heavy atom. The molecule has 0 atom stereocenters. The first kappa shape index (κ1) is 12.7. The number of ether oxygens (including phenoxy) is 1. The molecule has 1 radical (unpaired) electrons. The monoisotopic (exact) mass is 217 g/mol. The molecule has 1 aromatic heterocycles. The number of nitrogens with one attached hydrogen (secondary N) is 1. The van der Waals surface area contributed by atoms with E-state index >= 15 is 0 Å². The van der Waals surface area contributed by atoms with Crippen molar-refractivity contribution in [1.29, 1.82) is 5.41 Å². The van der Waals surface area contributed by atoms with Gasteiger partial charge in [0, 0.05) is 36.6 Å². The molecule has 1 aromatic rings. The Bertz CT molecular complexity index is 359. The summed E-state index contributed by atoms with van der Waals surface area (Å²) in [5.41, 5.74) is -0.277. The van der Waals surface area contributed by atoms with Gasteiger partial charge in [0.25, 0.3) is 0 Å². The van der Waals surface area contributed by atoms with Crippen LogP contribution in [0, 0.1) is 5.41 Å². The number of aryl methyl sites for hydroxylation is 1. The summed E-state index contributed by atoms with van der Waals surface area (Å²) in [6, 6.07) is 0. The average Bonchev–Trinajstić information content (AvgIpc) is 2.85. The van der Waals surface area contributed by atoms with Crippen LogP contribution in [0.25, 0.3) is 0 Å². The topological polar surface area (TPSA) is 63.8 Å². The van der Waals surface area contributed by atoms with Crippen molar-refractivity contribution < 1.29 is 4.74 Å². The van der Waals surface area contributed by atoms with Crippen molar-refractivity contribution in [3.63, 3.8) is 0 Å². The van der Waals surface area contributed by atoms with Crippen molar-refractivity contribution in [3.8, 4) is 0 Å². The van der Waals surface area contributed by atoms with E-state index in [-0.39, 0.29) is 35.0 Å². The second kappa shape index (κ2) is 4.63. The van der Waals surface area contributed by atoms with Crippen LogP contribution in [-0.2, 0) is 17.2 Å². The Hall–Kier alpha value is -0.390. The van der Waals surface area contributed by atoms with Crippen LogP contribution in [-0.4, -0.2) is 56.8 Å². The zero-order chi connectivity index (χ0) is 10.2. The fourth-order valence-electron chi connectivity index (χ4n) is 1.69. The van der Waals surface area contributed by atoms with E-state index in [1.165, 1.54) is 6.33 Å². The largest absolute Gasteiger partial charge is 0.481 e. The maximum atomic E-state index is 7.82. The Morgan fingerprint density at radius 3 is 2.73 bits per heavy atom. The summed E-state index contributed by atoms with van der Waals surface area (Å²) in [5.74, 6) is 1.17. The molecule has 6 heteroatoms. The Balaban J connectivity index is 0.00000112. The van der Waals surface area contributed by atoms with Crippen LogP contribution in [0.3, 0.4) is 0 Å². The number of hydrogen-bond donors (Lipinski definition) is 1. The quantitative estimate of drug-likeness (QED) is 0.455. The van der Waals surface area contributed by atoms with Crippen molar-refractivity contribution in [2.24, 2.45) is 7.05 Å². The van der Waals surface area contributed by atoms with Crippen molar-refractivity contribution in [1.82, 2.24) is 14.8 Å². The summed E-state index contributed by atoms with van der Waals surface area (Å²) < 4.78 is 6.97. The van der Waals surface area contributed by atoms with Crippen LogP contribution < -0.4 is 0 Å². The van der Waals surface area contributed by atoms with E-state index in [0.717, 1.165) is 18.7 Å². The molecular weight excluding hydrogens is 203 g/mol. The molecule has 0 spiro atoms. The summed E-state index contributed by atoms with van der Waals surface area (Å²) in [7, 11) is 1.85. The first-order valence-electron chi connectivity index (χ1n) is 4.77. The van der Waals surface area contributed by atoms with Crippen LogP contribution in [0.4, 0.5) is 0 Å². The van der Waals surface area contributed by atoms with E-state index in [4.69, 9.17) is 10.1 Å². The molecule has 1 aliphatic rings. The second-order valence-corrected chi connectivity index (χ2v) is 3.55. The van der Waals surface area contributed by atoms with Crippen molar-refractivity contribution in [3.05, 3.63) is 12.2 Å². The van der Waals surface area contributed by atoms with Crippen molar-refractivity contribution in [2.45, 2.75) is 25.2 Å². The Morgan fingerprint density at radius 1 is 1.67 bits per heavy atom. The number of hydrogen-bond acceptors (Lipinski definition) is 4. The maximum Gasteiger partial charge on any atom is 0.194 e. The van der Waals surface area contributed by atoms with Gasteiger partial charge in [0.1, 0.15) is 17.6 Å². The predicted molar refractivity (Wildman–Crippen MR) is 57.0 cm³/mol. The standard InChI is InChI=1S/C9H14N4O.Na/c1-3-14-7(10)9(4-5-9)8-11-6-12-13(8)2;/h6,10H,3-5H2,1-2H3;. The number of nitrogens with zero attached hydrogens (tertiary/aromatic N) is 3. The van der Waals surface area contributed by atoms with Gasteiger partial charge in [0.2, 0.25) is 0 Å². The molecule has 1 fully saturated rings. The summed E-state index contributed by atoms with van der Waals surface area (Å²) >= 11 is 0. The van der Waals surface area contributed by atoms with E-state index in [2.05, 4.69) is 10.1 Å². The molecule has 15 heavy (non-hydrogen) atoms. The van der Waals surface area contributed by atoms with E-state index in [1.54, 1.807) is 4.68 Å². The SMILES string of the molecule is CCOC(=N)C1(c2ncnn2C)CC1.[Na]. The molecule has 0 aliphatic heterocycles. The number of rotatable bonds is 3. The van der Waals surface area contributed by atoms with Crippen LogP contribution in [0.2, 0.25) is 0 Å². The summed E-state index contributed by atoms with van der Waals surface area (Å²) in [6.07, 6.45) is 3.41. The van der Waals surface area contributed by atoms with Gasteiger partial charge >= 0.3 is 0 Å².